The molecule has 0 nitrogen and oxygen atoms in total. The highest BCUT2D eigenvalue weighted by molar-refractivity contribution is 9.09. The second-order valence-electron chi connectivity index (χ2n) is 5.98. The summed E-state index contributed by atoms with van der Waals surface area (Å²) in [5.74, 6) is 1.57. The smallest absolute Gasteiger partial charge is 0.0423 e. The second kappa shape index (κ2) is 7.47. The fraction of sp³-hybridized carbons (Fsp3) is 0.667. The van der Waals surface area contributed by atoms with Gasteiger partial charge < -0.3 is 0 Å². The van der Waals surface area contributed by atoms with Gasteiger partial charge in [-0.05, 0) is 35.8 Å². The lowest BCUT2D eigenvalue weighted by Crippen LogP contribution is -2.07. The topological polar surface area (TPSA) is 0 Å². The summed E-state index contributed by atoms with van der Waals surface area (Å²) in [4.78, 5) is 0.517. The van der Waals surface area contributed by atoms with Crippen molar-refractivity contribution < 1.29 is 0 Å². The van der Waals surface area contributed by atoms with Gasteiger partial charge in [0.1, 0.15) is 0 Å². The van der Waals surface area contributed by atoms with Gasteiger partial charge in [0.15, 0.2) is 0 Å². The van der Waals surface area contributed by atoms with E-state index in [1.807, 2.05) is 0 Å². The highest BCUT2D eigenvalue weighted by Gasteiger charge is 2.19. The van der Waals surface area contributed by atoms with Crippen LogP contribution in [0.25, 0.3) is 0 Å². The quantitative estimate of drug-likeness (QED) is 0.535. The van der Waals surface area contributed by atoms with Crippen molar-refractivity contribution in [1.82, 2.24) is 0 Å². The minimum Gasteiger partial charge on any atom is -0.0836 e. The minimum atomic E-state index is 0.517. The van der Waals surface area contributed by atoms with E-state index in [0.29, 0.717) is 4.83 Å². The van der Waals surface area contributed by atoms with Crippen LogP contribution in [0, 0.1) is 5.92 Å². The van der Waals surface area contributed by atoms with Gasteiger partial charge in [-0.3, -0.25) is 0 Å². The van der Waals surface area contributed by atoms with Gasteiger partial charge >= 0.3 is 0 Å². The van der Waals surface area contributed by atoms with Crippen molar-refractivity contribution in [2.45, 2.75) is 69.5 Å². The van der Waals surface area contributed by atoms with Crippen LogP contribution in [0.1, 0.15) is 80.7 Å². The Bertz CT molecular complexity index is 358. The molecule has 1 aliphatic carbocycles. The normalized spacial score (nSPS) is 18.7. The molecule has 1 atom stereocenters. The Labute approximate surface area is 127 Å². The third-order valence-corrected chi connectivity index (χ3v) is 6.07. The highest BCUT2D eigenvalue weighted by atomic mass is 79.9. The van der Waals surface area contributed by atoms with Gasteiger partial charge in [-0.15, -0.1) is 0 Å². The maximum atomic E-state index is 3.89. The summed E-state index contributed by atoms with van der Waals surface area (Å²) >= 11 is 3.89. The van der Waals surface area contributed by atoms with E-state index in [0.717, 1.165) is 11.8 Å². The van der Waals surface area contributed by atoms with E-state index in [1.54, 1.807) is 5.56 Å². The molecule has 1 fully saturated rings. The molecule has 19 heavy (non-hydrogen) atoms. The van der Waals surface area contributed by atoms with E-state index in [1.165, 1.54) is 50.5 Å². The maximum Gasteiger partial charge on any atom is 0.0423 e. The summed E-state index contributed by atoms with van der Waals surface area (Å²) in [5, 5.41) is 0. The van der Waals surface area contributed by atoms with Gasteiger partial charge in [0, 0.05) is 4.83 Å². The predicted octanol–water partition coefficient (Wildman–Crippen LogP) is 6.61. The molecule has 1 heteroatoms. The van der Waals surface area contributed by atoms with Gasteiger partial charge in [-0.25, -0.2) is 0 Å². The molecular formula is C18H27Br. The maximum absolute atomic E-state index is 3.89. The lowest BCUT2D eigenvalue weighted by molar-refractivity contribution is 0.443. The first kappa shape index (κ1) is 15.1. The Kier molecular flexibility index (Phi) is 5.94. The van der Waals surface area contributed by atoms with Gasteiger partial charge in [0.25, 0.3) is 0 Å². The Hall–Kier alpha value is -0.300. The van der Waals surface area contributed by atoms with Crippen molar-refractivity contribution in [2.75, 3.05) is 0 Å². The molecule has 0 radical (unpaired) electrons. The van der Waals surface area contributed by atoms with Crippen LogP contribution >= 0.6 is 15.9 Å². The molecule has 1 unspecified atom stereocenters. The van der Waals surface area contributed by atoms with Crippen molar-refractivity contribution in [1.29, 1.82) is 0 Å². The molecule has 0 saturated heterocycles. The highest BCUT2D eigenvalue weighted by Crippen LogP contribution is 2.37. The molecule has 0 aromatic heterocycles. The predicted molar refractivity (Wildman–Crippen MR) is 88.0 cm³/mol. The lowest BCUT2D eigenvalue weighted by Gasteiger charge is -2.23. The SMILES string of the molecule is CCC(CC)C(Br)c1ccc(C2CCCCC2)cc1. The van der Waals surface area contributed by atoms with Crippen molar-refractivity contribution in [3.8, 4) is 0 Å². The molecule has 0 heterocycles. The number of hydrogen-bond acceptors (Lipinski definition) is 0. The standard InChI is InChI=1S/C18H27Br/c1-3-14(4-2)18(19)17-12-10-16(11-13-17)15-8-6-5-7-9-15/h10-15,18H,3-9H2,1-2H3. The summed E-state index contributed by atoms with van der Waals surface area (Å²) in [7, 11) is 0. The molecule has 1 aromatic carbocycles. The molecule has 1 aromatic rings. The van der Waals surface area contributed by atoms with Gasteiger partial charge in [-0.1, -0.05) is 86.1 Å². The van der Waals surface area contributed by atoms with E-state index in [9.17, 15) is 0 Å². The summed E-state index contributed by atoms with van der Waals surface area (Å²) in [6.45, 7) is 4.58. The van der Waals surface area contributed by atoms with Crippen LogP contribution in [0.4, 0.5) is 0 Å². The summed E-state index contributed by atoms with van der Waals surface area (Å²) < 4.78 is 0. The minimum absolute atomic E-state index is 0.517. The van der Waals surface area contributed by atoms with Crippen LogP contribution in [-0.2, 0) is 0 Å². The summed E-state index contributed by atoms with van der Waals surface area (Å²) in [5.41, 5.74) is 3.01. The summed E-state index contributed by atoms with van der Waals surface area (Å²) in [6, 6.07) is 9.45. The van der Waals surface area contributed by atoms with E-state index >= 15 is 0 Å². The summed E-state index contributed by atoms with van der Waals surface area (Å²) in [6.07, 6.45) is 9.55. The van der Waals surface area contributed by atoms with Crippen LogP contribution in [0.5, 0.6) is 0 Å². The molecule has 2 rings (SSSR count). The fourth-order valence-electron chi connectivity index (χ4n) is 3.36. The van der Waals surface area contributed by atoms with Crippen LogP contribution in [-0.4, -0.2) is 0 Å². The third kappa shape index (κ3) is 3.84. The number of hydrogen-bond donors (Lipinski definition) is 0. The van der Waals surface area contributed by atoms with E-state index < -0.39 is 0 Å². The van der Waals surface area contributed by atoms with Crippen molar-refractivity contribution in [3.63, 3.8) is 0 Å². The van der Waals surface area contributed by atoms with E-state index in [-0.39, 0.29) is 0 Å². The molecule has 0 amide bonds. The first-order valence-corrected chi connectivity index (χ1v) is 8.91. The Morgan fingerprint density at radius 1 is 1.00 bits per heavy atom. The molecule has 0 bridgehead atoms. The first-order valence-electron chi connectivity index (χ1n) is 8.00. The van der Waals surface area contributed by atoms with Gasteiger partial charge in [0.2, 0.25) is 0 Å². The monoisotopic (exact) mass is 322 g/mol. The molecular weight excluding hydrogens is 296 g/mol. The number of benzene rings is 1. The zero-order valence-electron chi connectivity index (χ0n) is 12.4. The van der Waals surface area contributed by atoms with E-state index in [4.69, 9.17) is 0 Å². The van der Waals surface area contributed by atoms with Gasteiger partial charge in [0.05, 0.1) is 0 Å². The van der Waals surface area contributed by atoms with Crippen LogP contribution in [0.3, 0.4) is 0 Å². The molecule has 0 aliphatic heterocycles. The van der Waals surface area contributed by atoms with Crippen LogP contribution in [0.2, 0.25) is 0 Å². The van der Waals surface area contributed by atoms with Crippen molar-refractivity contribution in [3.05, 3.63) is 35.4 Å². The zero-order valence-corrected chi connectivity index (χ0v) is 14.0. The third-order valence-electron chi connectivity index (χ3n) is 4.79. The first-order chi connectivity index (χ1) is 9.26. The van der Waals surface area contributed by atoms with Crippen LogP contribution in [0.15, 0.2) is 24.3 Å². The van der Waals surface area contributed by atoms with Crippen molar-refractivity contribution in [2.24, 2.45) is 5.92 Å². The van der Waals surface area contributed by atoms with Gasteiger partial charge in [-0.2, -0.15) is 0 Å². The Balaban J connectivity index is 2.04. The molecule has 0 N–H and O–H groups in total. The average molecular weight is 323 g/mol. The molecule has 106 valence electrons. The second-order valence-corrected chi connectivity index (χ2v) is 6.97. The number of rotatable bonds is 5. The molecule has 1 saturated carbocycles. The van der Waals surface area contributed by atoms with Crippen molar-refractivity contribution >= 4 is 15.9 Å². The molecule has 0 spiro atoms. The average Bonchev–Trinajstić information content (AvgIpc) is 2.49. The zero-order chi connectivity index (χ0) is 13.7. The van der Waals surface area contributed by atoms with Crippen LogP contribution < -0.4 is 0 Å². The van der Waals surface area contributed by atoms with E-state index in [2.05, 4.69) is 54.0 Å². The largest absolute Gasteiger partial charge is 0.0836 e. The number of halogens is 1. The molecule has 1 aliphatic rings. The Morgan fingerprint density at radius 2 is 1.58 bits per heavy atom. The fourth-order valence-corrected chi connectivity index (χ4v) is 4.42. The lowest BCUT2D eigenvalue weighted by atomic mass is 9.83. The number of alkyl halides is 1. The Morgan fingerprint density at radius 3 is 2.11 bits per heavy atom.